The summed E-state index contributed by atoms with van der Waals surface area (Å²) in [5.74, 6) is 0.549. The average Bonchev–Trinajstić information content (AvgIpc) is 3.22. The molecule has 3 unspecified atom stereocenters. The third-order valence-electron chi connectivity index (χ3n) is 8.32. The number of nitrogens with zero attached hydrogens (tertiary/aromatic N) is 2. The molecule has 35 heavy (non-hydrogen) atoms. The molecule has 0 saturated carbocycles. The number of anilines is 1. The quantitative estimate of drug-likeness (QED) is 0.480. The number of allylic oxidation sites excluding steroid dienone is 9. The Hall–Kier alpha value is -3.20. The highest BCUT2D eigenvalue weighted by molar-refractivity contribution is 5.66. The lowest BCUT2D eigenvalue weighted by atomic mass is 9.82. The fourth-order valence-corrected chi connectivity index (χ4v) is 6.54. The van der Waals surface area contributed by atoms with Crippen LogP contribution in [0.2, 0.25) is 0 Å². The summed E-state index contributed by atoms with van der Waals surface area (Å²) in [5, 5.41) is 0. The van der Waals surface area contributed by atoms with Gasteiger partial charge in [-0.1, -0.05) is 59.7 Å². The van der Waals surface area contributed by atoms with Gasteiger partial charge in [-0.2, -0.15) is 0 Å². The molecular formula is C32H37N3. The van der Waals surface area contributed by atoms with Crippen LogP contribution >= 0.6 is 0 Å². The number of nitrogens with two attached hydrogens (primary N) is 1. The first kappa shape index (κ1) is 22.3. The lowest BCUT2D eigenvalue weighted by Crippen LogP contribution is -2.41. The minimum Gasteiger partial charge on any atom is -0.399 e. The summed E-state index contributed by atoms with van der Waals surface area (Å²) >= 11 is 0. The molecule has 0 aromatic heterocycles. The molecule has 0 spiro atoms. The molecule has 3 nitrogen and oxygen atoms in total. The van der Waals surface area contributed by atoms with Crippen LogP contribution in [-0.4, -0.2) is 17.0 Å². The van der Waals surface area contributed by atoms with Gasteiger partial charge >= 0.3 is 0 Å². The van der Waals surface area contributed by atoms with E-state index in [0.717, 1.165) is 37.8 Å². The van der Waals surface area contributed by atoms with Crippen molar-refractivity contribution in [3.63, 3.8) is 0 Å². The summed E-state index contributed by atoms with van der Waals surface area (Å²) in [4.78, 5) is 5.33. The highest BCUT2D eigenvalue weighted by Crippen LogP contribution is 2.50. The fourth-order valence-electron chi connectivity index (χ4n) is 6.54. The van der Waals surface area contributed by atoms with Crippen molar-refractivity contribution in [2.45, 2.75) is 70.9 Å². The maximum atomic E-state index is 6.09. The van der Waals surface area contributed by atoms with Gasteiger partial charge in [-0.05, 0) is 83.1 Å². The van der Waals surface area contributed by atoms with E-state index in [0.29, 0.717) is 18.0 Å². The van der Waals surface area contributed by atoms with E-state index >= 15 is 0 Å². The van der Waals surface area contributed by atoms with Crippen molar-refractivity contribution in [3.05, 3.63) is 112 Å². The first-order valence-electron chi connectivity index (χ1n) is 13.4. The van der Waals surface area contributed by atoms with Gasteiger partial charge in [0.2, 0.25) is 0 Å². The van der Waals surface area contributed by atoms with Crippen molar-refractivity contribution >= 4 is 5.69 Å². The van der Waals surface area contributed by atoms with Crippen LogP contribution in [0.15, 0.2) is 107 Å². The summed E-state index contributed by atoms with van der Waals surface area (Å²) < 4.78 is 0. The van der Waals surface area contributed by atoms with Crippen molar-refractivity contribution < 1.29 is 0 Å². The van der Waals surface area contributed by atoms with Crippen molar-refractivity contribution in [2.75, 3.05) is 4.90 Å². The van der Waals surface area contributed by atoms with E-state index in [4.69, 9.17) is 5.73 Å². The molecule has 180 valence electrons. The molecule has 0 fully saturated rings. The van der Waals surface area contributed by atoms with Crippen LogP contribution in [0.5, 0.6) is 0 Å². The molecular weight excluding hydrogens is 426 g/mol. The Morgan fingerprint density at radius 3 is 2.54 bits per heavy atom. The molecule has 1 heterocycles. The second-order valence-electron chi connectivity index (χ2n) is 10.7. The Bertz CT molecular complexity index is 1220. The van der Waals surface area contributed by atoms with Gasteiger partial charge in [-0.15, -0.1) is 0 Å². The SMILES string of the molecule is CC1=CC=C(N(C2=CCCC3=C2C2CCC=CC2N3C2C=CC(N)=CC2)c2ccc(C)cc2)CC1. The maximum Gasteiger partial charge on any atom is 0.0546 e. The van der Waals surface area contributed by atoms with Crippen molar-refractivity contribution in [1.82, 2.24) is 4.90 Å². The molecule has 0 radical (unpaired) electrons. The van der Waals surface area contributed by atoms with Crippen LogP contribution in [0.1, 0.15) is 57.4 Å². The predicted octanol–water partition coefficient (Wildman–Crippen LogP) is 7.18. The highest BCUT2D eigenvalue weighted by Gasteiger charge is 2.45. The van der Waals surface area contributed by atoms with E-state index < -0.39 is 0 Å². The van der Waals surface area contributed by atoms with Gasteiger partial charge in [0.1, 0.15) is 0 Å². The maximum absolute atomic E-state index is 6.09. The van der Waals surface area contributed by atoms with Crippen LogP contribution in [0.3, 0.4) is 0 Å². The Labute approximate surface area is 210 Å². The summed E-state index contributed by atoms with van der Waals surface area (Å²) in [6.45, 7) is 4.42. The molecule has 1 aliphatic heterocycles. The molecule has 1 aromatic carbocycles. The van der Waals surface area contributed by atoms with E-state index in [-0.39, 0.29) is 0 Å². The Balaban J connectivity index is 1.46. The van der Waals surface area contributed by atoms with Crippen LogP contribution in [0.4, 0.5) is 5.69 Å². The Morgan fingerprint density at radius 2 is 1.80 bits per heavy atom. The molecule has 6 rings (SSSR count). The molecule has 3 heteroatoms. The zero-order valence-corrected chi connectivity index (χ0v) is 21.1. The van der Waals surface area contributed by atoms with Crippen LogP contribution in [0, 0.1) is 12.8 Å². The van der Waals surface area contributed by atoms with E-state index in [9.17, 15) is 0 Å². The summed E-state index contributed by atoms with van der Waals surface area (Å²) in [6, 6.07) is 9.94. The second-order valence-corrected chi connectivity index (χ2v) is 10.7. The van der Waals surface area contributed by atoms with Gasteiger partial charge in [-0.25, -0.2) is 0 Å². The molecule has 1 aromatic rings. The number of aryl methyl sites for hydroxylation is 1. The van der Waals surface area contributed by atoms with Crippen molar-refractivity contribution in [2.24, 2.45) is 11.7 Å². The lowest BCUT2D eigenvalue weighted by molar-refractivity contribution is 0.223. The highest BCUT2D eigenvalue weighted by atomic mass is 15.2. The lowest BCUT2D eigenvalue weighted by Gasteiger charge is -2.38. The minimum absolute atomic E-state index is 0.386. The van der Waals surface area contributed by atoms with E-state index in [1.807, 2.05) is 0 Å². The topological polar surface area (TPSA) is 32.5 Å². The second kappa shape index (κ2) is 9.11. The molecule has 0 amide bonds. The van der Waals surface area contributed by atoms with Crippen LogP contribution in [-0.2, 0) is 0 Å². The average molecular weight is 464 g/mol. The normalized spacial score (nSPS) is 27.6. The van der Waals surface area contributed by atoms with E-state index in [1.165, 1.54) is 41.1 Å². The molecule has 3 atom stereocenters. The van der Waals surface area contributed by atoms with E-state index in [2.05, 4.69) is 96.5 Å². The first-order chi connectivity index (χ1) is 17.1. The summed E-state index contributed by atoms with van der Waals surface area (Å²) in [5.41, 5.74) is 17.0. The molecule has 4 aliphatic carbocycles. The number of rotatable bonds is 4. The minimum atomic E-state index is 0.386. The van der Waals surface area contributed by atoms with Gasteiger partial charge < -0.3 is 15.5 Å². The largest absolute Gasteiger partial charge is 0.399 e. The zero-order valence-electron chi connectivity index (χ0n) is 21.1. The number of hydrogen-bond donors (Lipinski definition) is 1. The van der Waals surface area contributed by atoms with Gasteiger partial charge in [0, 0.05) is 40.0 Å². The summed E-state index contributed by atoms with van der Waals surface area (Å²) in [7, 11) is 0. The molecule has 0 bridgehead atoms. The van der Waals surface area contributed by atoms with Gasteiger partial charge in [0.25, 0.3) is 0 Å². The standard InChI is InChI=1S/C32H37N3/c1-22-10-16-25(17-11-22)34(26-18-12-23(2)13-19-26)30-8-5-9-31-32(30)28-6-3-4-7-29(28)35(31)27-20-14-24(33)15-21-27/h4,7-8,10-12,14-18,20,27-29H,3,5-6,9,13,19,21,33H2,1-2H3. The van der Waals surface area contributed by atoms with Crippen molar-refractivity contribution in [1.29, 1.82) is 0 Å². The van der Waals surface area contributed by atoms with E-state index in [1.54, 1.807) is 11.3 Å². The number of benzene rings is 1. The smallest absolute Gasteiger partial charge is 0.0546 e. The Morgan fingerprint density at radius 1 is 0.943 bits per heavy atom. The molecule has 0 saturated heterocycles. The fraction of sp³-hybridized carbons (Fsp3) is 0.375. The predicted molar refractivity (Wildman–Crippen MR) is 146 cm³/mol. The first-order valence-corrected chi connectivity index (χ1v) is 13.4. The zero-order chi connectivity index (χ0) is 23.9. The van der Waals surface area contributed by atoms with Gasteiger partial charge in [-0.3, -0.25) is 0 Å². The van der Waals surface area contributed by atoms with Crippen LogP contribution in [0.25, 0.3) is 0 Å². The molecule has 5 aliphatic rings. The number of hydrogen-bond acceptors (Lipinski definition) is 3. The third-order valence-corrected chi connectivity index (χ3v) is 8.32. The third kappa shape index (κ3) is 4.01. The Kier molecular flexibility index (Phi) is 5.80. The van der Waals surface area contributed by atoms with Crippen molar-refractivity contribution in [3.8, 4) is 0 Å². The summed E-state index contributed by atoms with van der Waals surface area (Å²) in [6.07, 6.45) is 26.5. The molecule has 2 N–H and O–H groups in total. The van der Waals surface area contributed by atoms with Gasteiger partial charge in [0.15, 0.2) is 0 Å². The van der Waals surface area contributed by atoms with Gasteiger partial charge in [0.05, 0.1) is 12.1 Å². The van der Waals surface area contributed by atoms with Crippen LogP contribution < -0.4 is 10.6 Å². The number of fused-ring (bicyclic) bond motifs is 2. The monoisotopic (exact) mass is 463 g/mol.